The Hall–Kier alpha value is -3.32. The summed E-state index contributed by atoms with van der Waals surface area (Å²) < 4.78 is 0. The number of nitrogen functional groups attached to an aromatic ring is 1. The monoisotopic (exact) mass is 321 g/mol. The van der Waals surface area contributed by atoms with Crippen LogP contribution in [0.2, 0.25) is 0 Å². The molecule has 0 spiro atoms. The van der Waals surface area contributed by atoms with E-state index in [2.05, 4.69) is 78.9 Å². The molecule has 0 heterocycles. The molecule has 0 aliphatic carbocycles. The zero-order valence-electron chi connectivity index (χ0n) is 13.9. The minimum absolute atomic E-state index is 0.821. The van der Waals surface area contributed by atoms with E-state index in [9.17, 15) is 0 Å². The highest BCUT2D eigenvalue weighted by Gasteiger charge is 2.09. The molecule has 0 aliphatic heterocycles. The van der Waals surface area contributed by atoms with Crippen LogP contribution in [0.4, 0.5) is 5.69 Å². The van der Waals surface area contributed by atoms with Crippen LogP contribution in [0, 0.1) is 0 Å². The van der Waals surface area contributed by atoms with E-state index in [-0.39, 0.29) is 0 Å². The van der Waals surface area contributed by atoms with Gasteiger partial charge in [-0.15, -0.1) is 0 Å². The van der Waals surface area contributed by atoms with Crippen molar-refractivity contribution in [3.63, 3.8) is 0 Å². The third-order valence-corrected chi connectivity index (χ3v) is 4.49. The van der Waals surface area contributed by atoms with Crippen molar-refractivity contribution in [3.05, 3.63) is 103 Å². The van der Waals surface area contributed by atoms with Gasteiger partial charge in [0.1, 0.15) is 0 Å². The lowest BCUT2D eigenvalue weighted by molar-refractivity contribution is 1.57. The minimum Gasteiger partial charge on any atom is -0.398 e. The van der Waals surface area contributed by atoms with E-state index in [1.165, 1.54) is 11.1 Å². The van der Waals surface area contributed by atoms with Crippen molar-refractivity contribution in [1.29, 1.82) is 0 Å². The highest BCUT2D eigenvalue weighted by molar-refractivity contribution is 5.89. The first kappa shape index (κ1) is 15.2. The largest absolute Gasteiger partial charge is 0.398 e. The summed E-state index contributed by atoms with van der Waals surface area (Å²) in [5.74, 6) is 0. The first-order chi connectivity index (χ1) is 12.3. The van der Waals surface area contributed by atoms with Gasteiger partial charge in [0.15, 0.2) is 0 Å². The van der Waals surface area contributed by atoms with Gasteiger partial charge in [-0.05, 0) is 22.3 Å². The molecule has 0 aliphatic rings. The molecule has 1 heteroatoms. The lowest BCUT2D eigenvalue weighted by atomic mass is 9.95. The molecule has 0 saturated carbocycles. The van der Waals surface area contributed by atoms with Crippen LogP contribution in [-0.4, -0.2) is 0 Å². The predicted octanol–water partition coefficient (Wildman–Crippen LogP) is 6.27. The Morgan fingerprint density at radius 1 is 0.360 bits per heavy atom. The van der Waals surface area contributed by atoms with Crippen LogP contribution in [0.15, 0.2) is 103 Å². The van der Waals surface area contributed by atoms with Crippen molar-refractivity contribution in [2.75, 3.05) is 5.73 Å². The van der Waals surface area contributed by atoms with E-state index in [1.54, 1.807) is 0 Å². The van der Waals surface area contributed by atoms with Gasteiger partial charge in [0, 0.05) is 16.8 Å². The maximum Gasteiger partial charge on any atom is 0.0473 e. The van der Waals surface area contributed by atoms with Gasteiger partial charge in [-0.2, -0.15) is 0 Å². The second-order valence-electron chi connectivity index (χ2n) is 6.08. The van der Waals surface area contributed by atoms with Gasteiger partial charge in [0.25, 0.3) is 0 Å². The Morgan fingerprint density at radius 3 is 1.32 bits per heavy atom. The SMILES string of the molecule is Nc1c(-c2ccccc2)cccc1-c1ccc(-c2ccccc2)cc1. The Labute approximate surface area is 148 Å². The summed E-state index contributed by atoms with van der Waals surface area (Å²) >= 11 is 0. The fourth-order valence-electron chi connectivity index (χ4n) is 3.16. The Morgan fingerprint density at radius 2 is 0.760 bits per heavy atom. The van der Waals surface area contributed by atoms with Crippen LogP contribution in [0.5, 0.6) is 0 Å². The van der Waals surface area contributed by atoms with Crippen molar-refractivity contribution in [2.24, 2.45) is 0 Å². The third-order valence-electron chi connectivity index (χ3n) is 4.49. The average molecular weight is 321 g/mol. The predicted molar refractivity (Wildman–Crippen MR) is 107 cm³/mol. The molecule has 4 rings (SSSR count). The number of benzene rings is 4. The van der Waals surface area contributed by atoms with Gasteiger partial charge in [-0.1, -0.05) is 103 Å². The summed E-state index contributed by atoms with van der Waals surface area (Å²) in [6.45, 7) is 0. The topological polar surface area (TPSA) is 26.0 Å². The lowest BCUT2D eigenvalue weighted by Gasteiger charge is -2.12. The number of hydrogen-bond acceptors (Lipinski definition) is 1. The molecule has 0 saturated heterocycles. The molecule has 2 N–H and O–H groups in total. The van der Waals surface area contributed by atoms with Crippen molar-refractivity contribution in [1.82, 2.24) is 0 Å². The summed E-state index contributed by atoms with van der Waals surface area (Å²) in [4.78, 5) is 0. The Balaban J connectivity index is 1.73. The van der Waals surface area contributed by atoms with Crippen LogP contribution < -0.4 is 5.73 Å². The van der Waals surface area contributed by atoms with Crippen molar-refractivity contribution in [2.45, 2.75) is 0 Å². The Kier molecular flexibility index (Phi) is 4.05. The van der Waals surface area contributed by atoms with Gasteiger partial charge < -0.3 is 5.73 Å². The normalized spacial score (nSPS) is 10.6. The quantitative estimate of drug-likeness (QED) is 0.442. The zero-order valence-corrected chi connectivity index (χ0v) is 13.9. The fraction of sp³-hybridized carbons (Fsp3) is 0. The van der Waals surface area contributed by atoms with Gasteiger partial charge in [-0.25, -0.2) is 0 Å². The van der Waals surface area contributed by atoms with Gasteiger partial charge in [-0.3, -0.25) is 0 Å². The van der Waals surface area contributed by atoms with Gasteiger partial charge >= 0.3 is 0 Å². The molecular weight excluding hydrogens is 302 g/mol. The van der Waals surface area contributed by atoms with E-state index < -0.39 is 0 Å². The minimum atomic E-state index is 0.821. The van der Waals surface area contributed by atoms with Crippen LogP contribution in [0.3, 0.4) is 0 Å². The smallest absolute Gasteiger partial charge is 0.0473 e. The highest BCUT2D eigenvalue weighted by Crippen LogP contribution is 2.35. The average Bonchev–Trinajstić information content (AvgIpc) is 2.70. The molecule has 25 heavy (non-hydrogen) atoms. The summed E-state index contributed by atoms with van der Waals surface area (Å²) in [6.07, 6.45) is 0. The lowest BCUT2D eigenvalue weighted by Crippen LogP contribution is -1.94. The number of para-hydroxylation sites is 1. The van der Waals surface area contributed by atoms with Crippen LogP contribution in [0.25, 0.3) is 33.4 Å². The van der Waals surface area contributed by atoms with E-state index in [4.69, 9.17) is 5.73 Å². The Bertz CT molecular complexity index is 971. The van der Waals surface area contributed by atoms with Gasteiger partial charge in [0.05, 0.1) is 0 Å². The molecule has 1 nitrogen and oxygen atoms in total. The van der Waals surface area contributed by atoms with E-state index in [1.807, 2.05) is 24.3 Å². The molecular formula is C24H19N. The third kappa shape index (κ3) is 3.05. The molecule has 0 fully saturated rings. The van der Waals surface area contributed by atoms with Crippen molar-refractivity contribution in [3.8, 4) is 33.4 Å². The molecule has 0 bridgehead atoms. The highest BCUT2D eigenvalue weighted by atomic mass is 14.6. The summed E-state index contributed by atoms with van der Waals surface area (Å²) in [5.41, 5.74) is 14.2. The molecule has 120 valence electrons. The second-order valence-corrected chi connectivity index (χ2v) is 6.08. The van der Waals surface area contributed by atoms with Crippen LogP contribution in [0.1, 0.15) is 0 Å². The molecule has 0 unspecified atom stereocenters. The first-order valence-corrected chi connectivity index (χ1v) is 8.43. The standard InChI is InChI=1S/C24H19N/c25-24-22(20-10-5-2-6-11-20)12-7-13-23(24)21-16-14-19(15-17-21)18-8-3-1-4-9-18/h1-17H,25H2. The fourth-order valence-corrected chi connectivity index (χ4v) is 3.16. The summed E-state index contributed by atoms with van der Waals surface area (Å²) in [5, 5.41) is 0. The number of hydrogen-bond donors (Lipinski definition) is 1. The van der Waals surface area contributed by atoms with Crippen molar-refractivity contribution < 1.29 is 0 Å². The van der Waals surface area contributed by atoms with Crippen LogP contribution >= 0.6 is 0 Å². The summed E-state index contributed by atoms with van der Waals surface area (Å²) in [7, 11) is 0. The number of nitrogens with two attached hydrogens (primary N) is 1. The number of anilines is 1. The molecule has 0 aromatic heterocycles. The van der Waals surface area contributed by atoms with E-state index in [0.717, 1.165) is 27.9 Å². The second kappa shape index (κ2) is 6.66. The summed E-state index contributed by atoms with van der Waals surface area (Å²) in [6, 6.07) is 35.5. The molecule has 0 amide bonds. The molecule has 4 aromatic rings. The van der Waals surface area contributed by atoms with E-state index in [0.29, 0.717) is 0 Å². The maximum atomic E-state index is 6.50. The van der Waals surface area contributed by atoms with E-state index >= 15 is 0 Å². The molecule has 4 aromatic carbocycles. The van der Waals surface area contributed by atoms with Gasteiger partial charge in [0.2, 0.25) is 0 Å². The number of rotatable bonds is 3. The molecule has 0 atom stereocenters. The van der Waals surface area contributed by atoms with Crippen LogP contribution in [-0.2, 0) is 0 Å². The molecule has 0 radical (unpaired) electrons. The first-order valence-electron chi connectivity index (χ1n) is 8.43. The van der Waals surface area contributed by atoms with Crippen molar-refractivity contribution >= 4 is 5.69 Å². The maximum absolute atomic E-state index is 6.50. The zero-order chi connectivity index (χ0) is 17.1.